The molecular formula is C20H16F2N4O3S. The number of imidazole rings is 2. The Kier molecular flexibility index (Phi) is 5.40. The number of alkyl halides is 2. The molecule has 0 saturated carbocycles. The Labute approximate surface area is 173 Å². The highest BCUT2D eigenvalue weighted by Gasteiger charge is 2.24. The van der Waals surface area contributed by atoms with E-state index in [4.69, 9.17) is 4.74 Å². The van der Waals surface area contributed by atoms with Crippen molar-refractivity contribution in [1.29, 1.82) is 0 Å². The first-order chi connectivity index (χ1) is 14.5. The van der Waals surface area contributed by atoms with Crippen LogP contribution < -0.4 is 0 Å². The lowest BCUT2D eigenvalue weighted by atomic mass is 10.2. The summed E-state index contributed by atoms with van der Waals surface area (Å²) in [6.45, 7) is -2.80. The largest absolute Gasteiger partial charge is 0.510 e. The number of methoxy groups -OCH3 is 1. The van der Waals surface area contributed by atoms with Crippen LogP contribution in [0.25, 0.3) is 27.6 Å². The van der Waals surface area contributed by atoms with Gasteiger partial charge in [-0.25, -0.2) is 14.8 Å². The average Bonchev–Trinajstić information content (AvgIpc) is 3.33. The summed E-state index contributed by atoms with van der Waals surface area (Å²) in [4.78, 5) is 23.8. The fourth-order valence-corrected chi connectivity index (χ4v) is 3.93. The molecule has 154 valence electrons. The van der Waals surface area contributed by atoms with Gasteiger partial charge in [-0.1, -0.05) is 36.0 Å². The minimum Gasteiger partial charge on any atom is -0.510 e. The molecule has 0 amide bonds. The molecule has 2 aromatic carbocycles. The standard InChI is InChI=1S/C20H16F2N4O3S/c1-29-18(28)16(17-23-11-6-2-3-7-12(11)24-17)15(27)10-30-20-25-13-8-4-5-9-14(13)26(20)19(21)22/h2-9,19,27H,10H2,1H3,(H,23,24). The van der Waals surface area contributed by atoms with Gasteiger partial charge in [-0.3, -0.25) is 4.57 Å². The van der Waals surface area contributed by atoms with Gasteiger partial charge in [0.15, 0.2) is 5.16 Å². The molecule has 10 heteroatoms. The van der Waals surface area contributed by atoms with Crippen molar-refractivity contribution in [3.05, 3.63) is 60.1 Å². The number of carbonyl (C=O) groups excluding carboxylic acids is 1. The molecule has 7 nitrogen and oxygen atoms in total. The van der Waals surface area contributed by atoms with Crippen LogP contribution in [0.5, 0.6) is 0 Å². The zero-order valence-corrected chi connectivity index (χ0v) is 16.5. The second-order valence-electron chi connectivity index (χ2n) is 6.24. The van der Waals surface area contributed by atoms with Crippen molar-refractivity contribution in [3.63, 3.8) is 0 Å². The molecule has 2 heterocycles. The number of benzene rings is 2. The Bertz CT molecular complexity index is 1230. The maximum absolute atomic E-state index is 13.6. The Morgan fingerprint density at radius 1 is 1.17 bits per heavy atom. The normalized spacial score (nSPS) is 12.5. The van der Waals surface area contributed by atoms with Crippen molar-refractivity contribution in [2.75, 3.05) is 12.9 Å². The van der Waals surface area contributed by atoms with E-state index in [0.29, 0.717) is 16.6 Å². The number of rotatable bonds is 6. The van der Waals surface area contributed by atoms with E-state index in [1.807, 2.05) is 0 Å². The van der Waals surface area contributed by atoms with Gasteiger partial charge in [-0.2, -0.15) is 8.78 Å². The van der Waals surface area contributed by atoms with Gasteiger partial charge in [0.1, 0.15) is 17.2 Å². The number of aromatic nitrogens is 4. The Morgan fingerprint density at radius 3 is 2.57 bits per heavy atom. The van der Waals surface area contributed by atoms with Crippen LogP contribution in [0.4, 0.5) is 8.78 Å². The second-order valence-corrected chi connectivity index (χ2v) is 7.18. The summed E-state index contributed by atoms with van der Waals surface area (Å²) >= 11 is 0.882. The first kappa shape index (κ1) is 19.9. The minimum absolute atomic E-state index is 0.0200. The summed E-state index contributed by atoms with van der Waals surface area (Å²) in [7, 11) is 1.18. The number of ether oxygens (including phenoxy) is 1. The lowest BCUT2D eigenvalue weighted by Crippen LogP contribution is -2.10. The van der Waals surface area contributed by atoms with E-state index in [-0.39, 0.29) is 33.6 Å². The molecule has 30 heavy (non-hydrogen) atoms. The predicted octanol–water partition coefficient (Wildman–Crippen LogP) is 4.54. The molecule has 0 radical (unpaired) electrons. The zero-order chi connectivity index (χ0) is 21.3. The molecule has 0 spiro atoms. The van der Waals surface area contributed by atoms with Gasteiger partial charge in [0.25, 0.3) is 0 Å². The number of hydrogen-bond donors (Lipinski definition) is 2. The summed E-state index contributed by atoms with van der Waals surface area (Å²) in [5.74, 6) is -1.21. The fraction of sp³-hybridized carbons (Fsp3) is 0.150. The highest BCUT2D eigenvalue weighted by molar-refractivity contribution is 7.99. The highest BCUT2D eigenvalue weighted by Crippen LogP contribution is 2.31. The van der Waals surface area contributed by atoms with Gasteiger partial charge < -0.3 is 14.8 Å². The van der Waals surface area contributed by atoms with Crippen molar-refractivity contribution in [2.45, 2.75) is 11.7 Å². The minimum atomic E-state index is -2.80. The van der Waals surface area contributed by atoms with E-state index in [2.05, 4.69) is 15.0 Å². The van der Waals surface area contributed by atoms with Crippen LogP contribution in [0.15, 0.2) is 59.4 Å². The molecule has 0 aliphatic rings. The first-order valence-electron chi connectivity index (χ1n) is 8.83. The third-order valence-corrected chi connectivity index (χ3v) is 5.36. The van der Waals surface area contributed by atoms with Crippen LogP contribution in [-0.2, 0) is 9.53 Å². The van der Waals surface area contributed by atoms with Gasteiger partial charge in [0.2, 0.25) is 0 Å². The number of nitrogens with zero attached hydrogens (tertiary/aromatic N) is 3. The zero-order valence-electron chi connectivity index (χ0n) is 15.7. The van der Waals surface area contributed by atoms with Gasteiger partial charge >= 0.3 is 12.5 Å². The maximum Gasteiger partial charge on any atom is 0.345 e. The number of hydrogen-bond acceptors (Lipinski definition) is 6. The number of para-hydroxylation sites is 4. The molecule has 0 aliphatic carbocycles. The third kappa shape index (κ3) is 3.61. The predicted molar refractivity (Wildman–Crippen MR) is 109 cm³/mol. The van der Waals surface area contributed by atoms with Crippen molar-refractivity contribution >= 4 is 45.4 Å². The van der Waals surface area contributed by atoms with Gasteiger partial charge in [0, 0.05) is 0 Å². The lowest BCUT2D eigenvalue weighted by Gasteiger charge is -2.09. The Hall–Kier alpha value is -3.40. The molecule has 0 bridgehead atoms. The summed E-state index contributed by atoms with van der Waals surface area (Å²) in [6, 6.07) is 13.6. The van der Waals surface area contributed by atoms with E-state index in [1.165, 1.54) is 7.11 Å². The number of nitrogens with one attached hydrogen (secondary N) is 1. The maximum atomic E-state index is 13.6. The van der Waals surface area contributed by atoms with Crippen LogP contribution in [0.1, 0.15) is 12.4 Å². The number of thioether (sulfide) groups is 1. The van der Waals surface area contributed by atoms with Gasteiger partial charge in [0.05, 0.1) is 34.9 Å². The number of aliphatic hydroxyl groups is 1. The molecule has 2 N–H and O–H groups in total. The quantitative estimate of drug-likeness (QED) is 0.202. The Morgan fingerprint density at radius 2 is 1.87 bits per heavy atom. The second kappa shape index (κ2) is 8.15. The number of fused-ring (bicyclic) bond motifs is 2. The number of esters is 1. The van der Waals surface area contributed by atoms with Gasteiger partial charge in [-0.05, 0) is 24.3 Å². The lowest BCUT2D eigenvalue weighted by molar-refractivity contribution is -0.133. The number of carbonyl (C=O) groups is 1. The van der Waals surface area contributed by atoms with E-state index < -0.39 is 12.5 Å². The van der Waals surface area contributed by atoms with Gasteiger partial charge in [-0.15, -0.1) is 0 Å². The van der Waals surface area contributed by atoms with Crippen LogP contribution in [0, 0.1) is 0 Å². The molecule has 0 aliphatic heterocycles. The first-order valence-corrected chi connectivity index (χ1v) is 9.81. The van der Waals surface area contributed by atoms with Crippen LogP contribution in [0.3, 0.4) is 0 Å². The van der Waals surface area contributed by atoms with Crippen molar-refractivity contribution in [3.8, 4) is 0 Å². The van der Waals surface area contributed by atoms with Crippen molar-refractivity contribution in [1.82, 2.24) is 19.5 Å². The highest BCUT2D eigenvalue weighted by atomic mass is 32.2. The molecule has 0 fully saturated rings. The fourth-order valence-electron chi connectivity index (χ4n) is 3.04. The average molecular weight is 430 g/mol. The monoisotopic (exact) mass is 430 g/mol. The third-order valence-electron chi connectivity index (χ3n) is 4.40. The van der Waals surface area contributed by atoms with E-state index in [0.717, 1.165) is 16.3 Å². The van der Waals surface area contributed by atoms with Crippen molar-refractivity contribution in [2.24, 2.45) is 0 Å². The summed E-state index contributed by atoms with van der Waals surface area (Å²) in [5.41, 5.74) is 1.81. The van der Waals surface area contributed by atoms with E-state index >= 15 is 0 Å². The topological polar surface area (TPSA) is 93.0 Å². The number of H-pyrrole nitrogens is 1. The molecular weight excluding hydrogens is 414 g/mol. The molecule has 2 aromatic heterocycles. The summed E-state index contributed by atoms with van der Waals surface area (Å²) in [6.07, 6.45) is 0. The van der Waals surface area contributed by atoms with Crippen LogP contribution >= 0.6 is 11.8 Å². The summed E-state index contributed by atoms with van der Waals surface area (Å²) < 4.78 is 32.7. The number of halogens is 2. The molecule has 4 rings (SSSR count). The number of aliphatic hydroxyl groups excluding tert-OH is 1. The van der Waals surface area contributed by atoms with Crippen molar-refractivity contribution < 1.29 is 23.4 Å². The summed E-state index contributed by atoms with van der Waals surface area (Å²) in [5, 5.41) is 10.6. The molecule has 0 saturated heterocycles. The molecule has 0 unspecified atom stereocenters. The Balaban J connectivity index is 1.70. The molecule has 4 aromatic rings. The van der Waals surface area contributed by atoms with Crippen LogP contribution in [0.2, 0.25) is 0 Å². The SMILES string of the molecule is COC(=O)C(=C(O)CSc1nc2ccccc2n1C(F)F)c1nc2ccccc2[nH]1. The van der Waals surface area contributed by atoms with E-state index in [1.54, 1.807) is 48.5 Å². The number of aromatic amines is 1. The van der Waals surface area contributed by atoms with Crippen LogP contribution in [-0.4, -0.2) is 43.5 Å². The van der Waals surface area contributed by atoms with E-state index in [9.17, 15) is 18.7 Å². The molecule has 0 atom stereocenters. The smallest absolute Gasteiger partial charge is 0.345 e.